The van der Waals surface area contributed by atoms with E-state index in [0.717, 1.165) is 56.3 Å². The fourth-order valence-electron chi connectivity index (χ4n) is 4.62. The van der Waals surface area contributed by atoms with Crippen molar-refractivity contribution in [2.24, 2.45) is 0 Å². The molecular formula is C19H25N3O2S. The van der Waals surface area contributed by atoms with E-state index in [1.807, 2.05) is 11.3 Å². The van der Waals surface area contributed by atoms with E-state index in [2.05, 4.69) is 14.9 Å². The molecule has 0 atom stereocenters. The Bertz CT molecular complexity index is 748. The second-order valence-corrected chi connectivity index (χ2v) is 8.50. The molecule has 0 N–H and O–H groups in total. The fourth-order valence-corrected chi connectivity index (χ4v) is 5.84. The van der Waals surface area contributed by atoms with Crippen LogP contribution < -0.4 is 4.74 Å². The lowest BCUT2D eigenvalue weighted by molar-refractivity contribution is -0.00126. The number of aromatic nitrogens is 2. The number of fused-ring (bicyclic) bond motifs is 3. The molecule has 0 unspecified atom stereocenters. The standard InChI is InChI=1S/C19H25N3O2S/c1-2-15-16(3-1)25-19-17(15)18(20-12-21-19)24-14-6-4-13(5-7-14)22-8-10-23-11-9-22/h12-14H,1-11H2/t13-,14-. The highest BCUT2D eigenvalue weighted by Gasteiger charge is 2.29. The third-order valence-corrected chi connectivity index (χ3v) is 7.15. The molecular weight excluding hydrogens is 334 g/mol. The number of ether oxygens (including phenoxy) is 2. The summed E-state index contributed by atoms with van der Waals surface area (Å²) in [5.74, 6) is 0.833. The van der Waals surface area contributed by atoms with E-state index in [4.69, 9.17) is 9.47 Å². The summed E-state index contributed by atoms with van der Waals surface area (Å²) in [6.45, 7) is 3.95. The van der Waals surface area contributed by atoms with Crippen molar-refractivity contribution in [3.8, 4) is 5.88 Å². The molecule has 3 heterocycles. The zero-order valence-electron chi connectivity index (χ0n) is 14.6. The Labute approximate surface area is 152 Å². The highest BCUT2D eigenvalue weighted by Crippen LogP contribution is 2.40. The van der Waals surface area contributed by atoms with E-state index in [1.54, 1.807) is 6.33 Å². The van der Waals surface area contributed by atoms with Gasteiger partial charge in [0.15, 0.2) is 0 Å². The molecule has 2 aromatic rings. The van der Waals surface area contributed by atoms with Crippen LogP contribution in [-0.2, 0) is 17.6 Å². The Kier molecular flexibility index (Phi) is 4.36. The first-order valence-electron chi connectivity index (χ1n) is 9.62. The van der Waals surface area contributed by atoms with E-state index < -0.39 is 0 Å². The summed E-state index contributed by atoms with van der Waals surface area (Å²) in [7, 11) is 0. The Morgan fingerprint density at radius 3 is 2.76 bits per heavy atom. The predicted molar refractivity (Wildman–Crippen MR) is 98.5 cm³/mol. The number of nitrogens with zero attached hydrogens (tertiary/aromatic N) is 3. The normalized spacial score (nSPS) is 27.5. The molecule has 0 aromatic carbocycles. The molecule has 1 saturated heterocycles. The Morgan fingerprint density at radius 1 is 1.08 bits per heavy atom. The maximum atomic E-state index is 6.40. The van der Waals surface area contributed by atoms with Gasteiger partial charge in [-0.25, -0.2) is 9.97 Å². The van der Waals surface area contributed by atoms with E-state index in [0.29, 0.717) is 12.1 Å². The molecule has 3 aliphatic rings. The zero-order chi connectivity index (χ0) is 16.6. The second-order valence-electron chi connectivity index (χ2n) is 7.41. The molecule has 1 aliphatic heterocycles. The summed E-state index contributed by atoms with van der Waals surface area (Å²) >= 11 is 1.83. The smallest absolute Gasteiger partial charge is 0.225 e. The molecule has 5 rings (SSSR count). The van der Waals surface area contributed by atoms with Crippen LogP contribution in [0, 0.1) is 0 Å². The maximum absolute atomic E-state index is 6.40. The average Bonchev–Trinajstić information content (AvgIpc) is 3.24. The Balaban J connectivity index is 1.28. The molecule has 0 bridgehead atoms. The van der Waals surface area contributed by atoms with Crippen molar-refractivity contribution in [2.75, 3.05) is 26.3 Å². The Hall–Kier alpha value is -1.24. The van der Waals surface area contributed by atoms with Crippen LogP contribution in [0.1, 0.15) is 42.5 Å². The van der Waals surface area contributed by atoms with Gasteiger partial charge in [0.25, 0.3) is 0 Å². The molecule has 0 radical (unpaired) electrons. The quantitative estimate of drug-likeness (QED) is 0.842. The third-order valence-electron chi connectivity index (χ3n) is 5.95. The van der Waals surface area contributed by atoms with Gasteiger partial charge in [-0.1, -0.05) is 0 Å². The lowest BCUT2D eigenvalue weighted by atomic mass is 9.91. The van der Waals surface area contributed by atoms with Crippen molar-refractivity contribution in [2.45, 2.75) is 57.1 Å². The van der Waals surface area contributed by atoms with Crippen molar-refractivity contribution in [1.29, 1.82) is 0 Å². The van der Waals surface area contributed by atoms with Crippen LogP contribution in [0.3, 0.4) is 0 Å². The summed E-state index contributed by atoms with van der Waals surface area (Å²) in [5, 5.41) is 1.20. The summed E-state index contributed by atoms with van der Waals surface area (Å²) in [5.41, 5.74) is 1.46. The van der Waals surface area contributed by atoms with Crippen molar-refractivity contribution < 1.29 is 9.47 Å². The molecule has 1 saturated carbocycles. The van der Waals surface area contributed by atoms with Gasteiger partial charge < -0.3 is 9.47 Å². The van der Waals surface area contributed by atoms with Crippen LogP contribution in [0.5, 0.6) is 5.88 Å². The summed E-state index contributed by atoms with van der Waals surface area (Å²) in [4.78, 5) is 14.2. The van der Waals surface area contributed by atoms with Crippen molar-refractivity contribution in [1.82, 2.24) is 14.9 Å². The van der Waals surface area contributed by atoms with Gasteiger partial charge in [0, 0.05) is 24.0 Å². The number of rotatable bonds is 3. The number of aryl methyl sites for hydroxylation is 2. The third kappa shape index (κ3) is 3.04. The zero-order valence-corrected chi connectivity index (χ0v) is 15.4. The van der Waals surface area contributed by atoms with Crippen LogP contribution in [0.2, 0.25) is 0 Å². The number of hydrogen-bond donors (Lipinski definition) is 0. The topological polar surface area (TPSA) is 47.5 Å². The molecule has 5 nitrogen and oxygen atoms in total. The summed E-state index contributed by atoms with van der Waals surface area (Å²) in [6.07, 6.45) is 10.3. The molecule has 0 amide bonds. The molecule has 2 aromatic heterocycles. The largest absolute Gasteiger partial charge is 0.474 e. The molecule has 6 heteroatoms. The monoisotopic (exact) mass is 359 g/mol. The molecule has 2 aliphatic carbocycles. The second kappa shape index (κ2) is 6.82. The molecule has 134 valence electrons. The first-order chi connectivity index (χ1) is 12.4. The maximum Gasteiger partial charge on any atom is 0.225 e. The minimum atomic E-state index is 0.298. The van der Waals surface area contributed by atoms with E-state index >= 15 is 0 Å². The van der Waals surface area contributed by atoms with Crippen molar-refractivity contribution in [3.05, 3.63) is 16.8 Å². The molecule has 25 heavy (non-hydrogen) atoms. The predicted octanol–water partition coefficient (Wildman–Crippen LogP) is 3.20. The number of hydrogen-bond acceptors (Lipinski definition) is 6. The van der Waals surface area contributed by atoms with Gasteiger partial charge in [0.1, 0.15) is 17.3 Å². The van der Waals surface area contributed by atoms with Crippen LogP contribution in [0.4, 0.5) is 0 Å². The van der Waals surface area contributed by atoms with Gasteiger partial charge in [-0.15, -0.1) is 11.3 Å². The van der Waals surface area contributed by atoms with Gasteiger partial charge >= 0.3 is 0 Å². The first kappa shape index (κ1) is 16.0. The van der Waals surface area contributed by atoms with E-state index in [1.165, 1.54) is 41.5 Å². The fraction of sp³-hybridized carbons (Fsp3) is 0.684. The lowest BCUT2D eigenvalue weighted by Gasteiger charge is -2.38. The number of morpholine rings is 1. The SMILES string of the molecule is c1nc(O[C@H]2CC[C@H](N3CCOCC3)CC2)c2c3c(sc2n1)CCC3. The van der Waals surface area contributed by atoms with Crippen molar-refractivity contribution >= 4 is 21.6 Å². The minimum Gasteiger partial charge on any atom is -0.474 e. The molecule has 2 fully saturated rings. The van der Waals surface area contributed by atoms with Crippen LogP contribution in [-0.4, -0.2) is 53.3 Å². The van der Waals surface area contributed by atoms with Crippen LogP contribution in [0.25, 0.3) is 10.2 Å². The minimum absolute atomic E-state index is 0.298. The molecule has 0 spiro atoms. The van der Waals surface area contributed by atoms with Gasteiger partial charge in [0.2, 0.25) is 5.88 Å². The van der Waals surface area contributed by atoms with Gasteiger partial charge in [-0.3, -0.25) is 4.90 Å². The van der Waals surface area contributed by atoms with Gasteiger partial charge in [-0.2, -0.15) is 0 Å². The van der Waals surface area contributed by atoms with Gasteiger partial charge in [-0.05, 0) is 50.5 Å². The summed E-state index contributed by atoms with van der Waals surface area (Å²) in [6, 6.07) is 0.708. The van der Waals surface area contributed by atoms with Crippen LogP contribution in [0.15, 0.2) is 6.33 Å². The van der Waals surface area contributed by atoms with E-state index in [9.17, 15) is 0 Å². The van der Waals surface area contributed by atoms with Gasteiger partial charge in [0.05, 0.1) is 18.6 Å². The van der Waals surface area contributed by atoms with Crippen molar-refractivity contribution in [3.63, 3.8) is 0 Å². The highest BCUT2D eigenvalue weighted by atomic mass is 32.1. The Morgan fingerprint density at radius 2 is 1.92 bits per heavy atom. The van der Waals surface area contributed by atoms with E-state index in [-0.39, 0.29) is 0 Å². The van der Waals surface area contributed by atoms with Crippen LogP contribution >= 0.6 is 11.3 Å². The highest BCUT2D eigenvalue weighted by molar-refractivity contribution is 7.18. The number of thiophene rings is 1. The first-order valence-corrected chi connectivity index (χ1v) is 10.4. The lowest BCUT2D eigenvalue weighted by Crippen LogP contribution is -2.46. The summed E-state index contributed by atoms with van der Waals surface area (Å²) < 4.78 is 11.9. The average molecular weight is 359 g/mol.